The van der Waals surface area contributed by atoms with E-state index in [2.05, 4.69) is 21.2 Å². The Bertz CT molecular complexity index is 603. The molecule has 1 heterocycles. The number of carbonyl (C=O) groups is 2. The Labute approximate surface area is 123 Å². The first kappa shape index (κ1) is 14.4. The van der Waals surface area contributed by atoms with Crippen molar-refractivity contribution in [3.63, 3.8) is 0 Å². The van der Waals surface area contributed by atoms with Gasteiger partial charge in [-0.15, -0.1) is 0 Å². The average molecular weight is 342 g/mol. The van der Waals surface area contributed by atoms with Crippen LogP contribution in [0.5, 0.6) is 0 Å². The number of nitrogens with one attached hydrogen (secondary N) is 1. The summed E-state index contributed by atoms with van der Waals surface area (Å²) < 4.78 is 0.610. The average Bonchev–Trinajstić information content (AvgIpc) is 2.78. The molecule has 1 N–H and O–H groups in total. The van der Waals surface area contributed by atoms with Gasteiger partial charge >= 0.3 is 0 Å². The Hall–Kier alpha value is -1.96. The molecule has 0 radical (unpaired) electrons. The molecular formula is C12H12BrN3O4. The first-order valence-electron chi connectivity index (χ1n) is 5.91. The van der Waals surface area contributed by atoms with Crippen molar-refractivity contribution in [3.05, 3.63) is 32.3 Å². The summed E-state index contributed by atoms with van der Waals surface area (Å²) in [6.07, 6.45) is 0.557. The number of amides is 2. The fourth-order valence-electron chi connectivity index (χ4n) is 2.17. The van der Waals surface area contributed by atoms with Gasteiger partial charge in [0.2, 0.25) is 11.8 Å². The van der Waals surface area contributed by atoms with Crippen LogP contribution in [-0.2, 0) is 16.0 Å². The number of nitrogens with zero attached hydrogens (tertiary/aromatic N) is 2. The number of fused-ring (bicyclic) bond motifs is 1. The minimum absolute atomic E-state index is 0.108. The largest absolute Gasteiger partial charge is 0.347 e. The number of rotatable bonds is 3. The van der Waals surface area contributed by atoms with Crippen molar-refractivity contribution in [2.24, 2.45) is 0 Å². The van der Waals surface area contributed by atoms with E-state index in [1.807, 2.05) is 0 Å². The smallest absolute Gasteiger partial charge is 0.294 e. The molecule has 1 aliphatic rings. The Balaban J connectivity index is 2.34. The van der Waals surface area contributed by atoms with Crippen molar-refractivity contribution >= 4 is 39.1 Å². The first-order valence-corrected chi connectivity index (χ1v) is 6.71. The van der Waals surface area contributed by atoms with Crippen LogP contribution in [0, 0.1) is 10.1 Å². The summed E-state index contributed by atoms with van der Waals surface area (Å²) >= 11 is 3.23. The van der Waals surface area contributed by atoms with Gasteiger partial charge in [-0.1, -0.05) is 15.9 Å². The van der Waals surface area contributed by atoms with Gasteiger partial charge in [0.05, 0.1) is 11.5 Å². The summed E-state index contributed by atoms with van der Waals surface area (Å²) in [6.45, 7) is 1.53. The second kappa shape index (κ2) is 5.58. The van der Waals surface area contributed by atoms with E-state index < -0.39 is 4.92 Å². The Morgan fingerprint density at radius 3 is 2.80 bits per heavy atom. The number of hydrogen-bond donors (Lipinski definition) is 1. The number of anilines is 1. The van der Waals surface area contributed by atoms with Crippen LogP contribution < -0.4 is 10.2 Å². The molecule has 0 spiro atoms. The fraction of sp³-hybridized carbons (Fsp3) is 0.333. The van der Waals surface area contributed by atoms with Gasteiger partial charge < -0.3 is 10.2 Å². The predicted octanol–water partition coefficient (Wildman–Crippen LogP) is 1.38. The van der Waals surface area contributed by atoms with E-state index >= 15 is 0 Å². The van der Waals surface area contributed by atoms with Crippen LogP contribution in [0.1, 0.15) is 12.5 Å². The number of nitro benzene ring substituents is 1. The third-order valence-corrected chi connectivity index (χ3v) is 3.45. The summed E-state index contributed by atoms with van der Waals surface area (Å²) in [5.41, 5.74) is 0.971. The Kier molecular flexibility index (Phi) is 4.03. The molecule has 0 atom stereocenters. The maximum absolute atomic E-state index is 12.0. The van der Waals surface area contributed by atoms with E-state index in [4.69, 9.17) is 0 Å². The highest BCUT2D eigenvalue weighted by atomic mass is 79.9. The van der Waals surface area contributed by atoms with Crippen molar-refractivity contribution in [2.75, 3.05) is 18.0 Å². The highest BCUT2D eigenvalue weighted by Crippen LogP contribution is 2.39. The van der Waals surface area contributed by atoms with Gasteiger partial charge in [-0.2, -0.15) is 0 Å². The number of hydrogen-bond acceptors (Lipinski definition) is 4. The van der Waals surface area contributed by atoms with Gasteiger partial charge in [-0.25, -0.2) is 0 Å². The molecule has 0 saturated heterocycles. The molecule has 0 aromatic heterocycles. The lowest BCUT2D eigenvalue weighted by Crippen LogP contribution is -2.38. The molecule has 0 saturated carbocycles. The monoisotopic (exact) mass is 341 g/mol. The molecule has 2 amide bonds. The van der Waals surface area contributed by atoms with Crippen LogP contribution in [-0.4, -0.2) is 29.8 Å². The molecule has 2 rings (SSSR count). The molecule has 1 aromatic carbocycles. The lowest BCUT2D eigenvalue weighted by atomic mass is 10.1. The minimum Gasteiger partial charge on any atom is -0.347 e. The van der Waals surface area contributed by atoms with E-state index in [0.29, 0.717) is 23.1 Å². The molecule has 1 aromatic rings. The number of benzene rings is 1. The second-order valence-corrected chi connectivity index (χ2v) is 5.31. The Morgan fingerprint density at radius 1 is 1.50 bits per heavy atom. The third-order valence-electron chi connectivity index (χ3n) is 2.99. The van der Waals surface area contributed by atoms with E-state index in [1.54, 1.807) is 6.07 Å². The van der Waals surface area contributed by atoms with E-state index in [9.17, 15) is 19.7 Å². The molecule has 0 aliphatic carbocycles. The minimum atomic E-state index is -0.506. The summed E-state index contributed by atoms with van der Waals surface area (Å²) in [6, 6.07) is 3.15. The number of halogens is 1. The van der Waals surface area contributed by atoms with Gasteiger partial charge in [-0.3, -0.25) is 19.7 Å². The topological polar surface area (TPSA) is 92.6 Å². The normalized spacial score (nSPS) is 13.0. The molecule has 20 heavy (non-hydrogen) atoms. The van der Waals surface area contributed by atoms with Crippen LogP contribution in [0.4, 0.5) is 11.4 Å². The van der Waals surface area contributed by atoms with Crippen molar-refractivity contribution in [3.8, 4) is 0 Å². The van der Waals surface area contributed by atoms with Crippen LogP contribution in [0.15, 0.2) is 16.6 Å². The third kappa shape index (κ3) is 2.79. The zero-order chi connectivity index (χ0) is 14.9. The zero-order valence-electron chi connectivity index (χ0n) is 10.7. The molecule has 8 heteroatoms. The molecule has 0 bridgehead atoms. The molecule has 1 aliphatic heterocycles. The SMILES string of the molecule is CC(=O)NCC(=O)N1CCc2cc(Br)cc([N+](=O)[O-])c21. The predicted molar refractivity (Wildman–Crippen MR) is 75.5 cm³/mol. The highest BCUT2D eigenvalue weighted by molar-refractivity contribution is 9.10. The van der Waals surface area contributed by atoms with Crippen LogP contribution in [0.25, 0.3) is 0 Å². The summed E-state index contributed by atoms with van der Waals surface area (Å²) in [4.78, 5) is 34.9. The van der Waals surface area contributed by atoms with Crippen LogP contribution in [0.3, 0.4) is 0 Å². The van der Waals surface area contributed by atoms with Crippen molar-refractivity contribution < 1.29 is 14.5 Å². The highest BCUT2D eigenvalue weighted by Gasteiger charge is 2.32. The van der Waals surface area contributed by atoms with Crippen molar-refractivity contribution in [1.82, 2.24) is 5.32 Å². The lowest BCUT2D eigenvalue weighted by molar-refractivity contribution is -0.384. The lowest BCUT2D eigenvalue weighted by Gasteiger charge is -2.17. The second-order valence-electron chi connectivity index (χ2n) is 4.39. The van der Waals surface area contributed by atoms with Crippen LogP contribution in [0.2, 0.25) is 0 Å². The molecular weight excluding hydrogens is 330 g/mol. The molecule has 0 fully saturated rings. The fourth-order valence-corrected chi connectivity index (χ4v) is 2.66. The van der Waals surface area contributed by atoms with Crippen LogP contribution >= 0.6 is 15.9 Å². The van der Waals surface area contributed by atoms with Gasteiger partial charge in [0.25, 0.3) is 5.69 Å². The molecule has 0 unspecified atom stereocenters. The van der Waals surface area contributed by atoms with Crippen molar-refractivity contribution in [1.29, 1.82) is 0 Å². The van der Waals surface area contributed by atoms with Gasteiger partial charge in [-0.05, 0) is 18.1 Å². The summed E-state index contributed by atoms with van der Waals surface area (Å²) in [7, 11) is 0. The molecule has 7 nitrogen and oxygen atoms in total. The molecule has 106 valence electrons. The van der Waals surface area contributed by atoms with Gasteiger partial charge in [0, 0.05) is 24.0 Å². The zero-order valence-corrected chi connectivity index (χ0v) is 12.3. The van der Waals surface area contributed by atoms with Gasteiger partial charge in [0.15, 0.2) is 0 Å². The summed E-state index contributed by atoms with van der Waals surface area (Å²) in [5.74, 6) is -0.674. The van der Waals surface area contributed by atoms with Crippen molar-refractivity contribution in [2.45, 2.75) is 13.3 Å². The first-order chi connectivity index (χ1) is 9.40. The number of carbonyl (C=O) groups excluding carboxylic acids is 2. The Morgan fingerprint density at radius 2 is 2.20 bits per heavy atom. The van der Waals surface area contributed by atoms with E-state index in [0.717, 1.165) is 5.56 Å². The quantitative estimate of drug-likeness (QED) is 0.664. The van der Waals surface area contributed by atoms with E-state index in [1.165, 1.54) is 17.9 Å². The number of nitro groups is 1. The standard InChI is InChI=1S/C12H12BrN3O4/c1-7(17)14-6-11(18)15-3-2-8-4-9(13)5-10(12(8)15)16(19)20/h4-5H,2-3,6H2,1H3,(H,14,17). The van der Waals surface area contributed by atoms with Gasteiger partial charge in [0.1, 0.15) is 5.69 Å². The summed E-state index contributed by atoms with van der Waals surface area (Å²) in [5, 5.41) is 13.5. The maximum atomic E-state index is 12.0. The van der Waals surface area contributed by atoms with E-state index in [-0.39, 0.29) is 24.0 Å². The maximum Gasteiger partial charge on any atom is 0.294 e.